The van der Waals surface area contributed by atoms with E-state index in [1.807, 2.05) is 62.4 Å². The standard InChI is InChI=1S/C15H19N3O/c1-11-8-12(10-16-11)9-15(19)17-13-4-6-14(7-5-13)18(2)3/h4-8,10,16H,9H2,1-3H3,(H,17,19). The van der Waals surface area contributed by atoms with Crippen LogP contribution in [-0.4, -0.2) is 25.0 Å². The Bertz CT molecular complexity index is 555. The van der Waals surface area contributed by atoms with Crippen molar-refractivity contribution >= 4 is 17.3 Å². The normalized spacial score (nSPS) is 10.3. The summed E-state index contributed by atoms with van der Waals surface area (Å²) in [4.78, 5) is 17.0. The van der Waals surface area contributed by atoms with Gasteiger partial charge in [0.05, 0.1) is 6.42 Å². The number of aryl methyl sites for hydroxylation is 1. The van der Waals surface area contributed by atoms with E-state index in [4.69, 9.17) is 0 Å². The van der Waals surface area contributed by atoms with Crippen LogP contribution in [0.2, 0.25) is 0 Å². The molecule has 0 fully saturated rings. The van der Waals surface area contributed by atoms with Crippen LogP contribution in [0.3, 0.4) is 0 Å². The number of amides is 1. The highest BCUT2D eigenvalue weighted by atomic mass is 16.1. The average molecular weight is 257 g/mol. The van der Waals surface area contributed by atoms with Gasteiger partial charge in [0.1, 0.15) is 0 Å². The first-order chi connectivity index (χ1) is 9.04. The summed E-state index contributed by atoms with van der Waals surface area (Å²) in [5.74, 6) is -0.00315. The SMILES string of the molecule is Cc1cc(CC(=O)Nc2ccc(N(C)C)cc2)c[nH]1. The van der Waals surface area contributed by atoms with E-state index < -0.39 is 0 Å². The van der Waals surface area contributed by atoms with Crippen molar-refractivity contribution in [1.82, 2.24) is 4.98 Å². The fourth-order valence-corrected chi connectivity index (χ4v) is 1.90. The number of carbonyl (C=O) groups excluding carboxylic acids is 1. The molecule has 1 aromatic carbocycles. The minimum atomic E-state index is -0.00315. The Morgan fingerprint density at radius 1 is 1.26 bits per heavy atom. The highest BCUT2D eigenvalue weighted by molar-refractivity contribution is 5.92. The molecule has 0 spiro atoms. The predicted molar refractivity (Wildman–Crippen MR) is 78.6 cm³/mol. The Balaban J connectivity index is 1.95. The third kappa shape index (κ3) is 3.61. The highest BCUT2D eigenvalue weighted by Crippen LogP contribution is 2.16. The number of rotatable bonds is 4. The van der Waals surface area contributed by atoms with Crippen molar-refractivity contribution in [3.05, 3.63) is 47.8 Å². The van der Waals surface area contributed by atoms with Gasteiger partial charge < -0.3 is 15.2 Å². The molecule has 0 aliphatic heterocycles. The van der Waals surface area contributed by atoms with Crippen LogP contribution in [0.25, 0.3) is 0 Å². The van der Waals surface area contributed by atoms with E-state index >= 15 is 0 Å². The second kappa shape index (κ2) is 5.61. The molecule has 2 aromatic rings. The molecule has 0 saturated carbocycles. The summed E-state index contributed by atoms with van der Waals surface area (Å²) in [5, 5.41) is 2.89. The monoisotopic (exact) mass is 257 g/mol. The predicted octanol–water partition coefficient (Wildman–Crippen LogP) is 2.57. The molecule has 0 aliphatic rings. The van der Waals surface area contributed by atoms with Crippen molar-refractivity contribution in [3.8, 4) is 0 Å². The smallest absolute Gasteiger partial charge is 0.228 e. The molecule has 0 unspecified atom stereocenters. The van der Waals surface area contributed by atoms with Crippen molar-refractivity contribution in [2.45, 2.75) is 13.3 Å². The minimum absolute atomic E-state index is 0.00315. The van der Waals surface area contributed by atoms with Gasteiger partial charge in [-0.05, 0) is 42.8 Å². The molecule has 4 heteroatoms. The van der Waals surface area contributed by atoms with Crippen LogP contribution in [0.15, 0.2) is 36.5 Å². The van der Waals surface area contributed by atoms with E-state index in [2.05, 4.69) is 10.3 Å². The number of carbonyl (C=O) groups is 1. The van der Waals surface area contributed by atoms with Crippen LogP contribution in [0.1, 0.15) is 11.3 Å². The topological polar surface area (TPSA) is 48.1 Å². The number of anilines is 2. The summed E-state index contributed by atoms with van der Waals surface area (Å²) < 4.78 is 0. The molecule has 4 nitrogen and oxygen atoms in total. The van der Waals surface area contributed by atoms with Gasteiger partial charge in [-0.25, -0.2) is 0 Å². The Labute approximate surface area is 113 Å². The third-order valence-corrected chi connectivity index (χ3v) is 2.92. The van der Waals surface area contributed by atoms with E-state index in [0.717, 1.165) is 22.6 Å². The number of nitrogens with one attached hydrogen (secondary N) is 2. The molecule has 1 heterocycles. The summed E-state index contributed by atoms with van der Waals surface area (Å²) in [7, 11) is 3.98. The van der Waals surface area contributed by atoms with E-state index in [0.29, 0.717) is 6.42 Å². The lowest BCUT2D eigenvalue weighted by Gasteiger charge is -2.12. The van der Waals surface area contributed by atoms with E-state index in [1.54, 1.807) is 0 Å². The van der Waals surface area contributed by atoms with Crippen LogP contribution < -0.4 is 10.2 Å². The quantitative estimate of drug-likeness (QED) is 0.884. The molecule has 19 heavy (non-hydrogen) atoms. The number of hydrogen-bond acceptors (Lipinski definition) is 2. The second-order valence-corrected chi connectivity index (χ2v) is 4.86. The number of aromatic amines is 1. The fourth-order valence-electron chi connectivity index (χ4n) is 1.90. The van der Waals surface area contributed by atoms with Gasteiger partial charge in [0.2, 0.25) is 5.91 Å². The first kappa shape index (κ1) is 13.2. The van der Waals surface area contributed by atoms with Gasteiger partial charge in [0.25, 0.3) is 0 Å². The van der Waals surface area contributed by atoms with Crippen LogP contribution >= 0.6 is 0 Å². The van der Waals surface area contributed by atoms with Gasteiger partial charge in [-0.15, -0.1) is 0 Å². The molecule has 0 saturated heterocycles. The lowest BCUT2D eigenvalue weighted by Crippen LogP contribution is -2.14. The van der Waals surface area contributed by atoms with Crippen LogP contribution in [0.4, 0.5) is 11.4 Å². The molecular weight excluding hydrogens is 238 g/mol. The van der Waals surface area contributed by atoms with Gasteiger partial charge >= 0.3 is 0 Å². The molecular formula is C15H19N3O. The molecule has 1 amide bonds. The van der Waals surface area contributed by atoms with Gasteiger partial charge in [-0.1, -0.05) is 0 Å². The third-order valence-electron chi connectivity index (χ3n) is 2.92. The second-order valence-electron chi connectivity index (χ2n) is 4.86. The van der Waals surface area contributed by atoms with Crippen molar-refractivity contribution in [2.75, 3.05) is 24.3 Å². The van der Waals surface area contributed by atoms with E-state index in [9.17, 15) is 4.79 Å². The van der Waals surface area contributed by atoms with Crippen molar-refractivity contribution in [2.24, 2.45) is 0 Å². The number of hydrogen-bond donors (Lipinski definition) is 2. The van der Waals surface area contributed by atoms with E-state index in [-0.39, 0.29) is 5.91 Å². The van der Waals surface area contributed by atoms with Crippen LogP contribution in [0, 0.1) is 6.92 Å². The van der Waals surface area contributed by atoms with Crippen LogP contribution in [-0.2, 0) is 11.2 Å². The molecule has 0 aliphatic carbocycles. The number of benzene rings is 1. The summed E-state index contributed by atoms with van der Waals surface area (Å²) in [6.45, 7) is 1.97. The maximum atomic E-state index is 11.9. The highest BCUT2D eigenvalue weighted by Gasteiger charge is 2.05. The molecule has 0 bridgehead atoms. The van der Waals surface area contributed by atoms with Crippen molar-refractivity contribution < 1.29 is 4.79 Å². The molecule has 2 N–H and O–H groups in total. The minimum Gasteiger partial charge on any atom is -0.378 e. The van der Waals surface area contributed by atoms with Crippen molar-refractivity contribution in [3.63, 3.8) is 0 Å². The lowest BCUT2D eigenvalue weighted by molar-refractivity contribution is -0.115. The Morgan fingerprint density at radius 3 is 2.47 bits per heavy atom. The summed E-state index contributed by atoms with van der Waals surface area (Å²) in [6, 6.07) is 9.77. The van der Waals surface area contributed by atoms with Gasteiger partial charge in [-0.3, -0.25) is 4.79 Å². The maximum absolute atomic E-state index is 11.9. The van der Waals surface area contributed by atoms with Crippen LogP contribution in [0.5, 0.6) is 0 Å². The lowest BCUT2D eigenvalue weighted by atomic mass is 10.2. The Kier molecular flexibility index (Phi) is 3.90. The molecule has 0 atom stereocenters. The molecule has 100 valence electrons. The van der Waals surface area contributed by atoms with Crippen molar-refractivity contribution in [1.29, 1.82) is 0 Å². The van der Waals surface area contributed by atoms with E-state index in [1.165, 1.54) is 0 Å². The number of aromatic nitrogens is 1. The molecule has 0 radical (unpaired) electrons. The first-order valence-corrected chi connectivity index (χ1v) is 6.26. The summed E-state index contributed by atoms with van der Waals surface area (Å²) in [6.07, 6.45) is 2.25. The maximum Gasteiger partial charge on any atom is 0.228 e. The largest absolute Gasteiger partial charge is 0.378 e. The van der Waals surface area contributed by atoms with Gasteiger partial charge in [-0.2, -0.15) is 0 Å². The summed E-state index contributed by atoms with van der Waals surface area (Å²) >= 11 is 0. The first-order valence-electron chi connectivity index (χ1n) is 6.26. The zero-order chi connectivity index (χ0) is 13.8. The molecule has 1 aromatic heterocycles. The van der Waals surface area contributed by atoms with Gasteiger partial charge in [0.15, 0.2) is 0 Å². The average Bonchev–Trinajstić information content (AvgIpc) is 2.75. The zero-order valence-corrected chi connectivity index (χ0v) is 11.5. The molecule has 2 rings (SSSR count). The number of H-pyrrole nitrogens is 1. The fraction of sp³-hybridized carbons (Fsp3) is 0.267. The number of nitrogens with zero attached hydrogens (tertiary/aromatic N) is 1. The van der Waals surface area contributed by atoms with Gasteiger partial charge in [0, 0.05) is 37.4 Å². The zero-order valence-electron chi connectivity index (χ0n) is 11.5. The Hall–Kier alpha value is -2.23. The Morgan fingerprint density at radius 2 is 1.95 bits per heavy atom. The summed E-state index contributed by atoms with van der Waals surface area (Å²) in [5.41, 5.74) is 4.00.